The van der Waals surface area contributed by atoms with Crippen LogP contribution in [0.4, 0.5) is 5.69 Å². The lowest BCUT2D eigenvalue weighted by Crippen LogP contribution is -1.99. The lowest BCUT2D eigenvalue weighted by Gasteiger charge is -2.07. The average molecular weight is 246 g/mol. The summed E-state index contributed by atoms with van der Waals surface area (Å²) in [5.74, 6) is 0. The minimum atomic E-state index is 0.569. The SMILES string of the molecule is Cn1ccc(CNc2ccc(C#N)cc2Cl)c1. The summed E-state index contributed by atoms with van der Waals surface area (Å²) in [6, 6.07) is 9.34. The van der Waals surface area contributed by atoms with Gasteiger partial charge in [0.2, 0.25) is 0 Å². The summed E-state index contributed by atoms with van der Waals surface area (Å²) in [5.41, 5.74) is 2.60. The summed E-state index contributed by atoms with van der Waals surface area (Å²) in [5, 5.41) is 12.5. The van der Waals surface area contributed by atoms with E-state index in [1.807, 2.05) is 36.1 Å². The first kappa shape index (κ1) is 11.6. The van der Waals surface area contributed by atoms with E-state index >= 15 is 0 Å². The van der Waals surface area contributed by atoms with Crippen molar-refractivity contribution in [2.75, 3.05) is 5.32 Å². The fourth-order valence-electron chi connectivity index (χ4n) is 1.59. The molecule has 1 aromatic carbocycles. The molecule has 0 aliphatic rings. The zero-order chi connectivity index (χ0) is 12.3. The van der Waals surface area contributed by atoms with Crippen molar-refractivity contribution in [2.24, 2.45) is 7.05 Å². The van der Waals surface area contributed by atoms with Gasteiger partial charge in [0.15, 0.2) is 0 Å². The predicted molar refractivity (Wildman–Crippen MR) is 68.9 cm³/mol. The highest BCUT2D eigenvalue weighted by Crippen LogP contribution is 2.23. The Bertz CT molecular complexity index is 566. The minimum Gasteiger partial charge on any atom is -0.380 e. The third kappa shape index (κ3) is 2.80. The Hall–Kier alpha value is -1.92. The van der Waals surface area contributed by atoms with E-state index in [1.54, 1.807) is 12.1 Å². The van der Waals surface area contributed by atoms with Gasteiger partial charge in [0.05, 0.1) is 22.3 Å². The van der Waals surface area contributed by atoms with Crippen molar-refractivity contribution in [1.82, 2.24) is 4.57 Å². The molecule has 3 nitrogen and oxygen atoms in total. The quantitative estimate of drug-likeness (QED) is 0.902. The molecule has 4 heteroatoms. The van der Waals surface area contributed by atoms with Crippen molar-refractivity contribution < 1.29 is 0 Å². The highest BCUT2D eigenvalue weighted by atomic mass is 35.5. The van der Waals surface area contributed by atoms with Gasteiger partial charge in [-0.05, 0) is 29.8 Å². The molecule has 0 radical (unpaired) electrons. The second kappa shape index (κ2) is 4.94. The average Bonchev–Trinajstić information content (AvgIpc) is 2.73. The number of aryl methyl sites for hydroxylation is 1. The van der Waals surface area contributed by atoms with Crippen LogP contribution in [0.1, 0.15) is 11.1 Å². The monoisotopic (exact) mass is 245 g/mol. The summed E-state index contributed by atoms with van der Waals surface area (Å²) in [7, 11) is 1.98. The molecule has 0 unspecified atom stereocenters. The van der Waals surface area contributed by atoms with Gasteiger partial charge in [0.25, 0.3) is 0 Å². The zero-order valence-electron chi connectivity index (χ0n) is 9.44. The maximum absolute atomic E-state index is 8.73. The van der Waals surface area contributed by atoms with E-state index in [9.17, 15) is 0 Å². The van der Waals surface area contributed by atoms with Crippen molar-refractivity contribution >= 4 is 17.3 Å². The van der Waals surface area contributed by atoms with Gasteiger partial charge >= 0.3 is 0 Å². The zero-order valence-corrected chi connectivity index (χ0v) is 10.2. The number of hydrogen-bond acceptors (Lipinski definition) is 2. The molecule has 86 valence electrons. The molecule has 2 aromatic rings. The molecule has 0 atom stereocenters. The Morgan fingerprint density at radius 2 is 2.24 bits per heavy atom. The third-order valence-corrected chi connectivity index (χ3v) is 2.79. The Kier molecular flexibility index (Phi) is 3.36. The predicted octanol–water partition coefficient (Wildman–Crippen LogP) is 3.16. The van der Waals surface area contributed by atoms with Crippen LogP contribution in [0.5, 0.6) is 0 Å². The fourth-order valence-corrected chi connectivity index (χ4v) is 1.84. The molecule has 0 saturated heterocycles. The Balaban J connectivity index is 2.07. The minimum absolute atomic E-state index is 0.569. The van der Waals surface area contributed by atoms with Crippen LogP contribution in [0.3, 0.4) is 0 Å². The van der Waals surface area contributed by atoms with Crippen LogP contribution in [-0.4, -0.2) is 4.57 Å². The number of benzene rings is 1. The first-order valence-corrected chi connectivity index (χ1v) is 5.61. The van der Waals surface area contributed by atoms with Crippen LogP contribution >= 0.6 is 11.6 Å². The van der Waals surface area contributed by atoms with E-state index < -0.39 is 0 Å². The molecular formula is C13H12ClN3. The van der Waals surface area contributed by atoms with Gasteiger partial charge in [-0.15, -0.1) is 0 Å². The number of hydrogen-bond donors (Lipinski definition) is 1. The lowest BCUT2D eigenvalue weighted by molar-refractivity contribution is 0.920. The highest BCUT2D eigenvalue weighted by Gasteiger charge is 2.02. The smallest absolute Gasteiger partial charge is 0.0992 e. The van der Waals surface area contributed by atoms with Crippen molar-refractivity contribution in [2.45, 2.75) is 6.54 Å². The molecule has 0 spiro atoms. The molecule has 0 aliphatic carbocycles. The Morgan fingerprint density at radius 1 is 1.41 bits per heavy atom. The van der Waals surface area contributed by atoms with E-state index in [2.05, 4.69) is 11.4 Å². The van der Waals surface area contributed by atoms with E-state index in [4.69, 9.17) is 16.9 Å². The van der Waals surface area contributed by atoms with Crippen LogP contribution in [-0.2, 0) is 13.6 Å². The number of nitrogens with zero attached hydrogens (tertiary/aromatic N) is 2. The van der Waals surface area contributed by atoms with E-state index in [-0.39, 0.29) is 0 Å². The molecule has 1 N–H and O–H groups in total. The van der Waals surface area contributed by atoms with E-state index in [0.717, 1.165) is 5.69 Å². The number of halogens is 1. The maximum Gasteiger partial charge on any atom is 0.0992 e. The number of aromatic nitrogens is 1. The maximum atomic E-state index is 8.73. The van der Waals surface area contributed by atoms with Crippen LogP contribution in [0.2, 0.25) is 5.02 Å². The lowest BCUT2D eigenvalue weighted by atomic mass is 10.2. The largest absolute Gasteiger partial charge is 0.380 e. The van der Waals surface area contributed by atoms with Gasteiger partial charge in [-0.2, -0.15) is 5.26 Å². The molecule has 17 heavy (non-hydrogen) atoms. The van der Waals surface area contributed by atoms with Gasteiger partial charge in [-0.3, -0.25) is 0 Å². The molecule has 1 heterocycles. The summed E-state index contributed by atoms with van der Waals surface area (Å²) < 4.78 is 2.00. The molecule has 0 aliphatic heterocycles. The highest BCUT2D eigenvalue weighted by molar-refractivity contribution is 6.33. The summed E-state index contributed by atoms with van der Waals surface area (Å²) in [6.45, 7) is 0.715. The Labute approximate surface area is 105 Å². The number of rotatable bonds is 3. The summed E-state index contributed by atoms with van der Waals surface area (Å²) in [4.78, 5) is 0. The van der Waals surface area contributed by atoms with Gasteiger partial charge in [0, 0.05) is 26.0 Å². The molecule has 0 amide bonds. The molecule has 0 bridgehead atoms. The van der Waals surface area contributed by atoms with Crippen LogP contribution in [0.15, 0.2) is 36.7 Å². The second-order valence-electron chi connectivity index (χ2n) is 3.85. The first-order valence-electron chi connectivity index (χ1n) is 5.23. The Morgan fingerprint density at radius 3 is 2.82 bits per heavy atom. The standard InChI is InChI=1S/C13H12ClN3/c1-17-5-4-11(9-17)8-16-13-3-2-10(7-15)6-12(13)14/h2-6,9,16H,8H2,1H3. The summed E-state index contributed by atoms with van der Waals surface area (Å²) in [6.07, 6.45) is 4.04. The number of anilines is 1. The molecule has 0 fully saturated rings. The van der Waals surface area contributed by atoms with Crippen molar-refractivity contribution in [1.29, 1.82) is 5.26 Å². The van der Waals surface area contributed by atoms with Crippen molar-refractivity contribution in [3.63, 3.8) is 0 Å². The number of nitrogens with one attached hydrogen (secondary N) is 1. The topological polar surface area (TPSA) is 40.8 Å². The third-order valence-electron chi connectivity index (χ3n) is 2.47. The first-order chi connectivity index (χ1) is 8.19. The van der Waals surface area contributed by atoms with Gasteiger partial charge in [-0.25, -0.2) is 0 Å². The van der Waals surface area contributed by atoms with Crippen molar-refractivity contribution in [3.8, 4) is 6.07 Å². The second-order valence-corrected chi connectivity index (χ2v) is 4.25. The van der Waals surface area contributed by atoms with Crippen LogP contribution in [0, 0.1) is 11.3 Å². The molecule has 0 saturated carbocycles. The van der Waals surface area contributed by atoms with Gasteiger partial charge < -0.3 is 9.88 Å². The summed E-state index contributed by atoms with van der Waals surface area (Å²) >= 11 is 6.06. The van der Waals surface area contributed by atoms with Crippen LogP contribution in [0.25, 0.3) is 0 Å². The molecule has 1 aromatic heterocycles. The normalized spacial score (nSPS) is 9.94. The van der Waals surface area contributed by atoms with E-state index in [0.29, 0.717) is 17.1 Å². The van der Waals surface area contributed by atoms with Gasteiger partial charge in [0.1, 0.15) is 0 Å². The van der Waals surface area contributed by atoms with Crippen molar-refractivity contribution in [3.05, 3.63) is 52.8 Å². The molecular weight excluding hydrogens is 234 g/mol. The fraction of sp³-hybridized carbons (Fsp3) is 0.154. The van der Waals surface area contributed by atoms with Gasteiger partial charge in [-0.1, -0.05) is 11.6 Å². The molecule has 2 rings (SSSR count). The van der Waals surface area contributed by atoms with Crippen LogP contribution < -0.4 is 5.32 Å². The van der Waals surface area contributed by atoms with E-state index in [1.165, 1.54) is 5.56 Å². The number of nitriles is 1.